The minimum absolute atomic E-state index is 0.00204. The van der Waals surface area contributed by atoms with E-state index in [9.17, 15) is 19.5 Å². The van der Waals surface area contributed by atoms with Crippen molar-refractivity contribution in [3.05, 3.63) is 99.9 Å². The molecule has 1 atom stereocenters. The predicted molar refractivity (Wildman–Crippen MR) is 215 cm³/mol. The summed E-state index contributed by atoms with van der Waals surface area (Å²) in [6.45, 7) is 15.5. The smallest absolute Gasteiger partial charge is 0.293 e. The topological polar surface area (TPSA) is 145 Å². The summed E-state index contributed by atoms with van der Waals surface area (Å²) in [6, 6.07) is 11.1. The number of carbonyl (C=O) groups excluding carboxylic acids is 2. The van der Waals surface area contributed by atoms with Gasteiger partial charge in [-0.15, -0.1) is 0 Å². The number of nitrogens with one attached hydrogen (secondary N) is 2. The summed E-state index contributed by atoms with van der Waals surface area (Å²) in [5.41, 5.74) is 3.77. The quantitative estimate of drug-likeness (QED) is 0.196. The molecule has 4 aromatic rings. The van der Waals surface area contributed by atoms with Gasteiger partial charge in [0.15, 0.2) is 5.82 Å². The number of aliphatic hydroxyl groups is 1. The van der Waals surface area contributed by atoms with E-state index in [0.29, 0.717) is 52.6 Å². The Kier molecular flexibility index (Phi) is 10.8. The Morgan fingerprint density at radius 2 is 1.91 bits per heavy atom. The molecule has 294 valence electrons. The third-order valence-corrected chi connectivity index (χ3v) is 10.9. The van der Waals surface area contributed by atoms with Crippen LogP contribution in [-0.2, 0) is 35.0 Å². The SMILES string of the molecule is C=CC(=O)Nc1cc(Nc2nc(-c3ccnc(N4CCCc5cc(C(C)(C)C)cc(F)c5C4=O)c3CO)cn(C)c2=O)ccc1N1CCN(C2COC2)C[C@@H]1C. The van der Waals surface area contributed by atoms with Crippen molar-refractivity contribution in [1.29, 1.82) is 0 Å². The molecule has 56 heavy (non-hydrogen) atoms. The van der Waals surface area contributed by atoms with Gasteiger partial charge < -0.3 is 29.9 Å². The Balaban J connectivity index is 1.20. The number of nitrogens with zero attached hydrogens (tertiary/aromatic N) is 6. The molecular weight excluding hydrogens is 716 g/mol. The number of hydrogen-bond acceptors (Lipinski definition) is 10. The lowest BCUT2D eigenvalue weighted by Gasteiger charge is -2.46. The molecule has 2 aromatic carbocycles. The number of rotatable bonds is 9. The number of pyridine rings is 1. The van der Waals surface area contributed by atoms with E-state index in [4.69, 9.17) is 9.72 Å². The zero-order chi connectivity index (χ0) is 39.9. The van der Waals surface area contributed by atoms with Crippen LogP contribution in [0, 0.1) is 5.82 Å². The van der Waals surface area contributed by atoms with Crippen molar-refractivity contribution in [1.82, 2.24) is 19.4 Å². The van der Waals surface area contributed by atoms with Gasteiger partial charge in [-0.2, -0.15) is 0 Å². The van der Waals surface area contributed by atoms with Crippen molar-refractivity contribution in [2.24, 2.45) is 7.05 Å². The number of halogens is 1. The van der Waals surface area contributed by atoms with Crippen LogP contribution in [0.5, 0.6) is 0 Å². The van der Waals surface area contributed by atoms with Crippen molar-refractivity contribution in [3.63, 3.8) is 0 Å². The molecule has 5 heterocycles. The number of piperazine rings is 1. The van der Waals surface area contributed by atoms with Crippen molar-refractivity contribution in [2.75, 3.05) is 59.8 Å². The Labute approximate surface area is 325 Å². The van der Waals surface area contributed by atoms with Crippen LogP contribution in [-0.4, -0.2) is 87.8 Å². The maximum atomic E-state index is 15.7. The van der Waals surface area contributed by atoms with E-state index < -0.39 is 23.9 Å². The number of ether oxygens (including phenoxy) is 1. The van der Waals surface area contributed by atoms with Crippen LogP contribution in [0.15, 0.2) is 66.2 Å². The van der Waals surface area contributed by atoms with Crippen LogP contribution in [0.4, 0.5) is 33.1 Å². The molecule has 2 amide bonds. The highest BCUT2D eigenvalue weighted by Crippen LogP contribution is 2.36. The molecule has 0 saturated carbocycles. The number of aryl methyl sites for hydroxylation is 2. The first kappa shape index (κ1) is 38.8. The molecule has 13 nitrogen and oxygen atoms in total. The van der Waals surface area contributed by atoms with Gasteiger partial charge in [0, 0.05) is 68.5 Å². The first-order valence-corrected chi connectivity index (χ1v) is 19.0. The molecule has 0 bridgehead atoms. The summed E-state index contributed by atoms with van der Waals surface area (Å²) >= 11 is 0. The van der Waals surface area contributed by atoms with Gasteiger partial charge in [-0.25, -0.2) is 14.4 Å². The van der Waals surface area contributed by atoms with Gasteiger partial charge >= 0.3 is 0 Å². The van der Waals surface area contributed by atoms with Crippen LogP contribution in [0.25, 0.3) is 11.3 Å². The van der Waals surface area contributed by atoms with Crippen LogP contribution in [0.1, 0.15) is 61.2 Å². The fourth-order valence-corrected chi connectivity index (χ4v) is 7.72. The lowest BCUT2D eigenvalue weighted by Crippen LogP contribution is -2.59. The molecule has 3 aliphatic heterocycles. The van der Waals surface area contributed by atoms with E-state index in [0.717, 1.165) is 44.1 Å². The van der Waals surface area contributed by atoms with Crippen molar-refractivity contribution >= 4 is 40.5 Å². The monoisotopic (exact) mass is 764 g/mol. The zero-order valence-corrected chi connectivity index (χ0v) is 32.6. The Morgan fingerprint density at radius 1 is 1.12 bits per heavy atom. The Hall–Kier alpha value is -5.44. The normalized spacial score (nSPS) is 17.9. The average molecular weight is 765 g/mol. The van der Waals surface area contributed by atoms with Crippen LogP contribution < -0.4 is 26.0 Å². The van der Waals surface area contributed by atoms with Gasteiger partial charge in [0.05, 0.1) is 48.5 Å². The van der Waals surface area contributed by atoms with Crippen LogP contribution in [0.2, 0.25) is 0 Å². The van der Waals surface area contributed by atoms with E-state index in [2.05, 4.69) is 38.9 Å². The van der Waals surface area contributed by atoms with Crippen LogP contribution >= 0.6 is 0 Å². The summed E-state index contributed by atoms with van der Waals surface area (Å²) in [5, 5.41) is 16.9. The van der Waals surface area contributed by atoms with E-state index >= 15 is 4.39 Å². The van der Waals surface area contributed by atoms with Crippen molar-refractivity contribution < 1.29 is 23.8 Å². The summed E-state index contributed by atoms with van der Waals surface area (Å²) in [6.07, 6.45) is 5.34. The molecule has 3 N–H and O–H groups in total. The minimum atomic E-state index is -0.585. The number of fused-ring (bicyclic) bond motifs is 1. The van der Waals surface area contributed by atoms with Gasteiger partial charge in [-0.3, -0.25) is 24.2 Å². The van der Waals surface area contributed by atoms with Gasteiger partial charge in [-0.05, 0) is 72.7 Å². The molecule has 0 aliphatic carbocycles. The number of aromatic nitrogens is 3. The second-order valence-electron chi connectivity index (χ2n) is 15.8. The molecule has 3 aliphatic rings. The number of benzene rings is 2. The van der Waals surface area contributed by atoms with E-state index in [1.54, 1.807) is 25.4 Å². The Bertz CT molecular complexity index is 2250. The third kappa shape index (κ3) is 7.56. The molecule has 14 heteroatoms. The second-order valence-corrected chi connectivity index (χ2v) is 15.8. The summed E-state index contributed by atoms with van der Waals surface area (Å²) < 4.78 is 22.5. The number of carbonyl (C=O) groups is 2. The first-order valence-electron chi connectivity index (χ1n) is 19.0. The minimum Gasteiger partial charge on any atom is -0.392 e. The summed E-state index contributed by atoms with van der Waals surface area (Å²) in [7, 11) is 1.60. The van der Waals surface area contributed by atoms with Gasteiger partial charge in [0.1, 0.15) is 11.6 Å². The highest BCUT2D eigenvalue weighted by Gasteiger charge is 2.34. The molecular formula is C42H49FN8O5. The predicted octanol–water partition coefficient (Wildman–Crippen LogP) is 5.14. The van der Waals surface area contributed by atoms with E-state index in [1.165, 1.54) is 27.8 Å². The van der Waals surface area contributed by atoms with E-state index in [-0.39, 0.29) is 41.1 Å². The molecule has 2 saturated heterocycles. The highest BCUT2D eigenvalue weighted by atomic mass is 19.1. The van der Waals surface area contributed by atoms with Gasteiger partial charge in [0.2, 0.25) is 5.91 Å². The van der Waals surface area contributed by atoms with Gasteiger partial charge in [-0.1, -0.05) is 33.4 Å². The summed E-state index contributed by atoms with van der Waals surface area (Å²) in [5.74, 6) is -1.29. The first-order chi connectivity index (χ1) is 26.8. The van der Waals surface area contributed by atoms with E-state index in [1.807, 2.05) is 39.0 Å². The van der Waals surface area contributed by atoms with Gasteiger partial charge in [0.25, 0.3) is 11.5 Å². The third-order valence-electron chi connectivity index (χ3n) is 10.9. The Morgan fingerprint density at radius 3 is 2.59 bits per heavy atom. The fraction of sp³-hybridized carbons (Fsp3) is 0.405. The number of hydrogen-bond donors (Lipinski definition) is 3. The zero-order valence-electron chi connectivity index (χ0n) is 32.6. The number of anilines is 5. The standard InChI is InChI=1S/C42H49FN8O5/c1-7-36(53)46-33-19-28(10-11-35(33)50-16-15-49(20-25(50)2)29-23-56-24-29)45-38-41(55)48(6)21-34(47-38)30-12-13-44-39(31(30)22-52)51-14-8-9-26-17-27(42(3,4)5)18-32(43)37(26)40(51)54/h7,10-13,17-19,21,25,29,52H,1,8-9,14-16,20,22-24H2,2-6H3,(H,45,47)(H,46,53)/t25-/m0/s1. The van der Waals surface area contributed by atoms with Crippen molar-refractivity contribution in [3.8, 4) is 11.3 Å². The lowest BCUT2D eigenvalue weighted by molar-refractivity contribution is -0.111. The molecule has 2 aromatic heterocycles. The van der Waals surface area contributed by atoms with Crippen molar-refractivity contribution in [2.45, 2.75) is 64.6 Å². The summed E-state index contributed by atoms with van der Waals surface area (Å²) in [4.78, 5) is 55.5. The maximum Gasteiger partial charge on any atom is 0.293 e. The molecule has 7 rings (SSSR count). The second kappa shape index (κ2) is 15.6. The maximum absolute atomic E-state index is 15.7. The number of amides is 2. The number of aliphatic hydroxyl groups excluding tert-OH is 1. The molecule has 2 fully saturated rings. The largest absolute Gasteiger partial charge is 0.392 e. The fourth-order valence-electron chi connectivity index (χ4n) is 7.72. The molecule has 0 spiro atoms. The average Bonchev–Trinajstić information content (AvgIpc) is 3.30. The molecule has 0 unspecified atom stereocenters. The highest BCUT2D eigenvalue weighted by molar-refractivity contribution is 6.08. The lowest BCUT2D eigenvalue weighted by atomic mass is 9.84. The molecule has 0 radical (unpaired) electrons. The van der Waals surface area contributed by atoms with Crippen LogP contribution in [0.3, 0.4) is 0 Å².